The molecule has 22 fully saturated rings. The van der Waals surface area contributed by atoms with Gasteiger partial charge in [-0.05, 0) is 0 Å². The first-order chi connectivity index (χ1) is 28.9. The zero-order valence-electron chi connectivity index (χ0n) is 32.6. The van der Waals surface area contributed by atoms with E-state index in [2.05, 4.69) is 0 Å². The summed E-state index contributed by atoms with van der Waals surface area (Å²) in [6.45, 7) is -3.79. The van der Waals surface area contributed by atoms with Crippen molar-refractivity contribution in [1.82, 2.24) is 0 Å². The van der Waals surface area contributed by atoms with E-state index in [1.807, 2.05) is 0 Å². The summed E-state index contributed by atoms with van der Waals surface area (Å²) >= 11 is 0. The molecule has 22 heterocycles. The lowest BCUT2D eigenvalue weighted by Crippen LogP contribution is -2.60. The van der Waals surface area contributed by atoms with Gasteiger partial charge in [0.1, 0.15) is 73.2 Å². The molecule has 0 aromatic rings. The van der Waals surface area contributed by atoms with Gasteiger partial charge in [0, 0.05) is 38.5 Å². The third kappa shape index (κ3) is 10.4. The van der Waals surface area contributed by atoms with E-state index in [1.165, 1.54) is 0 Å². The molecule has 348 valence electrons. The number of aliphatic hydroxyl groups excluding tert-OH is 12. The molecule has 24 nitrogen and oxygen atoms in total. The van der Waals surface area contributed by atoms with Gasteiger partial charge in [-0.3, -0.25) is 0 Å². The first kappa shape index (κ1) is 47.0. The van der Waals surface area contributed by atoms with Crippen molar-refractivity contribution < 1.29 is 118 Å². The Bertz CT molecular complexity index is 1070. The van der Waals surface area contributed by atoms with E-state index in [1.54, 1.807) is 0 Å². The molecule has 60 heavy (non-hydrogen) atoms. The predicted molar refractivity (Wildman–Crippen MR) is 187 cm³/mol. The van der Waals surface area contributed by atoms with Crippen LogP contribution in [0, 0.1) is 0 Å². The summed E-state index contributed by atoms with van der Waals surface area (Å²) in [6.07, 6.45) is -31.3. The minimum atomic E-state index is -1.41. The molecular formula is C36H60O24. The van der Waals surface area contributed by atoms with Crippen LogP contribution in [0.2, 0.25) is 0 Å². The van der Waals surface area contributed by atoms with Crippen LogP contribution in [0.1, 0.15) is 38.5 Å². The highest BCUT2D eigenvalue weighted by Gasteiger charge is 2.51. The molecule has 0 aromatic carbocycles. The van der Waals surface area contributed by atoms with Gasteiger partial charge in [0.15, 0.2) is 37.7 Å². The number of ether oxygens (including phenoxy) is 12. The Morgan fingerprint density at radius 1 is 0.233 bits per heavy atom. The molecule has 0 unspecified atom stereocenters. The summed E-state index contributed by atoms with van der Waals surface area (Å²) in [5.74, 6) is 0. The van der Waals surface area contributed by atoms with E-state index < -0.39 is 187 Å². The third-order valence-corrected chi connectivity index (χ3v) is 12.0. The lowest BCUT2D eigenvalue weighted by atomic mass is 9.98. The average Bonchev–Trinajstić information content (AvgIpc) is 3.22. The standard InChI is InChI=1S/C36H60O24/c37-7-25-19-1-13(43)31(55-25)50-20-3-15(45)33(57-26(20)8-38)52-22-5-17(47)35(59-28(22)10-40)54-24-6-18(48)36(60-30(24)12-42)53-23-4-16(46)34(58-29(23)11-41)51-21-2-14(44)32(49-19)56-27(21)9-39/h13-48H,1-12H2/t13-,14-,15-,16-,17-,18-,19-,20-,21-,22-,23-,24-,25+,26+,27+,28+,29+,30+,31-,32-,33-,34-,35-,36-/m0/s1. The molecule has 22 aliphatic rings. The fourth-order valence-electron chi connectivity index (χ4n) is 8.70. The highest BCUT2D eigenvalue weighted by Crippen LogP contribution is 2.37. The second-order valence-corrected chi connectivity index (χ2v) is 16.2. The summed E-state index contributed by atoms with van der Waals surface area (Å²) in [5.41, 5.74) is 0. The third-order valence-electron chi connectivity index (χ3n) is 12.0. The van der Waals surface area contributed by atoms with Crippen molar-refractivity contribution in [2.45, 2.75) is 186 Å². The molecule has 0 radical (unpaired) electrons. The topological polar surface area (TPSA) is 354 Å². The molecule has 0 amide bonds. The van der Waals surface area contributed by atoms with Crippen LogP contribution < -0.4 is 0 Å². The lowest BCUT2D eigenvalue weighted by Gasteiger charge is -2.47. The van der Waals surface area contributed by atoms with Crippen molar-refractivity contribution in [2.75, 3.05) is 39.6 Å². The molecule has 22 saturated heterocycles. The number of aliphatic hydroxyl groups is 12. The van der Waals surface area contributed by atoms with Gasteiger partial charge in [-0.25, -0.2) is 0 Å². The molecular weight excluding hydrogens is 816 g/mol. The molecule has 12 bridgehead atoms. The van der Waals surface area contributed by atoms with Crippen LogP contribution >= 0.6 is 0 Å². The summed E-state index contributed by atoms with van der Waals surface area (Å²) in [5, 5.41) is 128. The first-order valence-corrected chi connectivity index (χ1v) is 20.5. The number of rotatable bonds is 6. The molecule has 24 heteroatoms. The maximum atomic E-state index is 11.1. The molecule has 22 rings (SSSR count). The van der Waals surface area contributed by atoms with Crippen molar-refractivity contribution in [3.63, 3.8) is 0 Å². The van der Waals surface area contributed by atoms with Crippen molar-refractivity contribution in [3.05, 3.63) is 0 Å². The number of hydrogen-bond acceptors (Lipinski definition) is 24. The zero-order valence-corrected chi connectivity index (χ0v) is 32.6. The Morgan fingerprint density at radius 3 is 0.483 bits per heavy atom. The van der Waals surface area contributed by atoms with Crippen molar-refractivity contribution >= 4 is 0 Å². The molecule has 0 spiro atoms. The van der Waals surface area contributed by atoms with Gasteiger partial charge < -0.3 is 118 Å². The van der Waals surface area contributed by atoms with E-state index in [-0.39, 0.29) is 38.5 Å². The lowest BCUT2D eigenvalue weighted by molar-refractivity contribution is -0.373. The monoisotopic (exact) mass is 876 g/mol. The fourth-order valence-corrected chi connectivity index (χ4v) is 8.70. The van der Waals surface area contributed by atoms with E-state index >= 15 is 0 Å². The smallest absolute Gasteiger partial charge is 0.184 e. The Balaban J connectivity index is 1.11. The van der Waals surface area contributed by atoms with Gasteiger partial charge in [0.25, 0.3) is 0 Å². The molecule has 12 N–H and O–H groups in total. The SMILES string of the molecule is OC[C@H]1O[C@@H]2O[C@H]3C[C@H](O)[C@@H](O[C@H]4C[C@H](O)[C@@H](O[C@H]5C[C@H](O)[C@@H](O[C@H]6C[C@H](O)[C@@H](O[C@H]7C[C@H](O)[C@@H](O[C@H]1C[C@@H]2O)O[C@@H]7CO)O[C@@H]6CO)O[C@@H]5CO)O[C@@H]4CO)O[C@@H]3CO. The predicted octanol–water partition coefficient (Wildman–Crippen LogP) is -6.88. The van der Waals surface area contributed by atoms with Gasteiger partial charge >= 0.3 is 0 Å². The van der Waals surface area contributed by atoms with Crippen LogP contribution in [0.4, 0.5) is 0 Å². The maximum Gasteiger partial charge on any atom is 0.184 e. The van der Waals surface area contributed by atoms with Crippen LogP contribution in [0.5, 0.6) is 0 Å². The van der Waals surface area contributed by atoms with Crippen LogP contribution in [0.3, 0.4) is 0 Å². The molecule has 0 saturated carbocycles. The Kier molecular flexibility index (Phi) is 16.4. The van der Waals surface area contributed by atoms with Crippen molar-refractivity contribution in [1.29, 1.82) is 0 Å². The van der Waals surface area contributed by atoms with Gasteiger partial charge in [-0.2, -0.15) is 0 Å². The van der Waals surface area contributed by atoms with Crippen LogP contribution in [0.15, 0.2) is 0 Å². The summed E-state index contributed by atoms with van der Waals surface area (Å²) in [7, 11) is 0. The highest BCUT2D eigenvalue weighted by molar-refractivity contribution is 4.93. The van der Waals surface area contributed by atoms with Gasteiger partial charge in [-0.15, -0.1) is 0 Å². The van der Waals surface area contributed by atoms with Crippen molar-refractivity contribution in [3.8, 4) is 0 Å². The number of hydrogen-bond donors (Lipinski definition) is 12. The molecule has 0 aliphatic carbocycles. The Morgan fingerprint density at radius 2 is 0.367 bits per heavy atom. The molecule has 22 aliphatic heterocycles. The quantitative estimate of drug-likeness (QED) is 0.118. The van der Waals surface area contributed by atoms with Crippen LogP contribution in [0.25, 0.3) is 0 Å². The van der Waals surface area contributed by atoms with E-state index in [0.29, 0.717) is 0 Å². The van der Waals surface area contributed by atoms with Gasteiger partial charge in [0.2, 0.25) is 0 Å². The summed E-state index contributed by atoms with van der Waals surface area (Å²) in [4.78, 5) is 0. The van der Waals surface area contributed by atoms with Gasteiger partial charge in [0.05, 0.1) is 76.3 Å². The average molecular weight is 877 g/mol. The first-order valence-electron chi connectivity index (χ1n) is 20.5. The maximum absolute atomic E-state index is 11.1. The normalized spacial score (nSPS) is 52.2. The largest absolute Gasteiger partial charge is 0.394 e. The van der Waals surface area contributed by atoms with E-state index in [4.69, 9.17) is 56.8 Å². The van der Waals surface area contributed by atoms with E-state index in [0.717, 1.165) is 0 Å². The van der Waals surface area contributed by atoms with Gasteiger partial charge in [-0.1, -0.05) is 0 Å². The Labute approximate surface area is 343 Å². The van der Waals surface area contributed by atoms with Crippen LogP contribution in [-0.4, -0.2) is 249 Å². The second kappa shape index (κ2) is 20.9. The second-order valence-electron chi connectivity index (χ2n) is 16.2. The van der Waals surface area contributed by atoms with Crippen molar-refractivity contribution in [2.24, 2.45) is 0 Å². The van der Waals surface area contributed by atoms with E-state index in [9.17, 15) is 61.3 Å². The molecule has 0 aromatic heterocycles. The Hall–Kier alpha value is -0.960. The zero-order chi connectivity index (χ0) is 42.8. The minimum Gasteiger partial charge on any atom is -0.394 e. The molecule has 24 atom stereocenters. The highest BCUT2D eigenvalue weighted by atomic mass is 16.8. The fraction of sp³-hybridized carbons (Fsp3) is 1.00. The summed E-state index contributed by atoms with van der Waals surface area (Å²) in [6, 6.07) is 0. The van der Waals surface area contributed by atoms with Crippen LogP contribution in [-0.2, 0) is 56.8 Å². The minimum absolute atomic E-state index is 0.201. The summed E-state index contributed by atoms with van der Waals surface area (Å²) < 4.78 is 71.0.